The second kappa shape index (κ2) is 2.88. The number of rotatable bonds is 1. The van der Waals surface area contributed by atoms with E-state index in [2.05, 4.69) is 4.98 Å². The van der Waals surface area contributed by atoms with Gasteiger partial charge in [-0.3, -0.25) is 4.98 Å². The summed E-state index contributed by atoms with van der Waals surface area (Å²) in [7, 11) is 0. The van der Waals surface area contributed by atoms with Crippen molar-refractivity contribution in [2.24, 2.45) is 5.73 Å². The molecule has 0 radical (unpaired) electrons. The van der Waals surface area contributed by atoms with E-state index in [-0.39, 0.29) is 0 Å². The summed E-state index contributed by atoms with van der Waals surface area (Å²) in [6.07, 6.45) is 3.31. The van der Waals surface area contributed by atoms with Gasteiger partial charge in [0.1, 0.15) is 11.3 Å². The van der Waals surface area contributed by atoms with E-state index < -0.39 is 6.04 Å². The molecule has 0 amide bonds. The lowest BCUT2D eigenvalue weighted by Gasteiger charge is -1.93. The molecule has 0 aliphatic carbocycles. The SMILES string of the molecule is N#C[C@@H](N)c1cc2cnccc2o1. The van der Waals surface area contributed by atoms with E-state index >= 15 is 0 Å². The first-order valence-corrected chi connectivity index (χ1v) is 3.80. The predicted molar refractivity (Wildman–Crippen MR) is 46.6 cm³/mol. The van der Waals surface area contributed by atoms with Crippen LogP contribution in [0.15, 0.2) is 28.9 Å². The Morgan fingerprint density at radius 2 is 2.46 bits per heavy atom. The first kappa shape index (κ1) is 7.77. The van der Waals surface area contributed by atoms with Gasteiger partial charge in [0.15, 0.2) is 6.04 Å². The lowest BCUT2D eigenvalue weighted by molar-refractivity contribution is 0.533. The minimum absolute atomic E-state index is 0.477. The first-order chi connectivity index (χ1) is 6.31. The number of furan rings is 1. The number of nitrogens with two attached hydrogens (primary N) is 1. The molecule has 0 aliphatic rings. The Morgan fingerprint density at radius 3 is 3.15 bits per heavy atom. The van der Waals surface area contributed by atoms with Crippen molar-refractivity contribution in [1.82, 2.24) is 4.98 Å². The minimum Gasteiger partial charge on any atom is -0.458 e. The fourth-order valence-corrected chi connectivity index (χ4v) is 1.12. The van der Waals surface area contributed by atoms with Crippen molar-refractivity contribution in [2.45, 2.75) is 6.04 Å². The first-order valence-electron chi connectivity index (χ1n) is 3.80. The summed E-state index contributed by atoms with van der Waals surface area (Å²) < 4.78 is 5.33. The van der Waals surface area contributed by atoms with E-state index in [0.717, 1.165) is 5.39 Å². The molecule has 0 aliphatic heterocycles. The van der Waals surface area contributed by atoms with Crippen molar-refractivity contribution < 1.29 is 4.42 Å². The number of nitrogens with zero attached hydrogens (tertiary/aromatic N) is 2. The van der Waals surface area contributed by atoms with Crippen LogP contribution >= 0.6 is 0 Å². The lowest BCUT2D eigenvalue weighted by atomic mass is 10.2. The molecule has 0 bridgehead atoms. The zero-order valence-electron chi connectivity index (χ0n) is 6.77. The molecule has 2 aromatic heterocycles. The Morgan fingerprint density at radius 1 is 1.62 bits per heavy atom. The summed E-state index contributed by atoms with van der Waals surface area (Å²) in [5.41, 5.74) is 6.19. The Labute approximate surface area is 74.6 Å². The van der Waals surface area contributed by atoms with Crippen molar-refractivity contribution in [1.29, 1.82) is 5.26 Å². The molecular weight excluding hydrogens is 166 g/mol. The summed E-state index contributed by atoms with van der Waals surface area (Å²) in [5.74, 6) is 0.477. The molecule has 2 heterocycles. The van der Waals surface area contributed by atoms with Crippen molar-refractivity contribution in [3.63, 3.8) is 0 Å². The van der Waals surface area contributed by atoms with Gasteiger partial charge in [-0.25, -0.2) is 0 Å². The van der Waals surface area contributed by atoms with Gasteiger partial charge in [0, 0.05) is 17.8 Å². The summed E-state index contributed by atoms with van der Waals surface area (Å²) in [4.78, 5) is 3.93. The maximum Gasteiger partial charge on any atom is 0.151 e. The average molecular weight is 173 g/mol. The standard InChI is InChI=1S/C9H7N3O/c10-4-7(11)9-3-6-5-12-2-1-8(6)13-9/h1-3,5,7H,11H2/t7-/m1/s1. The maximum atomic E-state index is 8.56. The molecule has 0 fully saturated rings. The minimum atomic E-state index is -0.701. The van der Waals surface area contributed by atoms with Crippen LogP contribution in [-0.2, 0) is 0 Å². The summed E-state index contributed by atoms with van der Waals surface area (Å²) in [6, 6.07) is 4.68. The van der Waals surface area contributed by atoms with Gasteiger partial charge in [0.25, 0.3) is 0 Å². The van der Waals surface area contributed by atoms with Gasteiger partial charge in [0.2, 0.25) is 0 Å². The van der Waals surface area contributed by atoms with Gasteiger partial charge in [-0.05, 0) is 12.1 Å². The van der Waals surface area contributed by atoms with E-state index in [4.69, 9.17) is 15.4 Å². The van der Waals surface area contributed by atoms with Gasteiger partial charge in [-0.15, -0.1) is 0 Å². The van der Waals surface area contributed by atoms with Gasteiger partial charge in [-0.2, -0.15) is 5.26 Å². The summed E-state index contributed by atoms with van der Waals surface area (Å²) >= 11 is 0. The van der Waals surface area contributed by atoms with E-state index in [9.17, 15) is 0 Å². The molecule has 4 nitrogen and oxygen atoms in total. The fraction of sp³-hybridized carbons (Fsp3) is 0.111. The Bertz CT molecular complexity index is 436. The molecule has 0 aromatic carbocycles. The van der Waals surface area contributed by atoms with E-state index in [0.29, 0.717) is 11.3 Å². The maximum absolute atomic E-state index is 8.56. The van der Waals surface area contributed by atoms with Crippen LogP contribution in [0.3, 0.4) is 0 Å². The number of aromatic nitrogens is 1. The average Bonchev–Trinajstić information content (AvgIpc) is 2.59. The number of fused-ring (bicyclic) bond motifs is 1. The van der Waals surface area contributed by atoms with Crippen LogP contribution in [0.1, 0.15) is 11.8 Å². The van der Waals surface area contributed by atoms with Crippen LogP contribution in [0.4, 0.5) is 0 Å². The molecule has 1 atom stereocenters. The van der Waals surface area contributed by atoms with E-state index in [1.165, 1.54) is 0 Å². The molecule has 0 unspecified atom stereocenters. The van der Waals surface area contributed by atoms with Crippen LogP contribution < -0.4 is 5.73 Å². The van der Waals surface area contributed by atoms with Crippen molar-refractivity contribution in [3.8, 4) is 6.07 Å². The topological polar surface area (TPSA) is 75.8 Å². The second-order valence-corrected chi connectivity index (χ2v) is 2.67. The molecule has 0 saturated heterocycles. The largest absolute Gasteiger partial charge is 0.458 e. The van der Waals surface area contributed by atoms with Gasteiger partial charge < -0.3 is 10.2 Å². The zero-order valence-corrected chi connectivity index (χ0v) is 6.77. The molecule has 64 valence electrons. The highest BCUT2D eigenvalue weighted by molar-refractivity contribution is 5.76. The van der Waals surface area contributed by atoms with Gasteiger partial charge >= 0.3 is 0 Å². The third kappa shape index (κ3) is 1.25. The molecule has 13 heavy (non-hydrogen) atoms. The number of pyridine rings is 1. The molecule has 0 saturated carbocycles. The highest BCUT2D eigenvalue weighted by Gasteiger charge is 2.10. The molecule has 4 heteroatoms. The zero-order chi connectivity index (χ0) is 9.26. The van der Waals surface area contributed by atoms with E-state index in [1.807, 2.05) is 6.07 Å². The quantitative estimate of drug-likeness (QED) is 0.706. The third-order valence-corrected chi connectivity index (χ3v) is 1.78. The predicted octanol–water partition coefficient (Wildman–Crippen LogP) is 1.35. The number of hydrogen-bond donors (Lipinski definition) is 1. The molecule has 2 aromatic rings. The smallest absolute Gasteiger partial charge is 0.151 e. The number of nitriles is 1. The monoisotopic (exact) mass is 173 g/mol. The van der Waals surface area contributed by atoms with Crippen molar-refractivity contribution >= 4 is 11.0 Å². The van der Waals surface area contributed by atoms with Crippen molar-refractivity contribution in [2.75, 3.05) is 0 Å². The van der Waals surface area contributed by atoms with Crippen LogP contribution in [0.25, 0.3) is 11.0 Å². The van der Waals surface area contributed by atoms with E-state index in [1.54, 1.807) is 24.5 Å². The second-order valence-electron chi connectivity index (χ2n) is 2.67. The molecular formula is C9H7N3O. The highest BCUT2D eigenvalue weighted by atomic mass is 16.3. The fourth-order valence-electron chi connectivity index (χ4n) is 1.12. The molecule has 2 N–H and O–H groups in total. The third-order valence-electron chi connectivity index (χ3n) is 1.78. The Balaban J connectivity index is 2.57. The van der Waals surface area contributed by atoms with Crippen LogP contribution in [0.5, 0.6) is 0 Å². The van der Waals surface area contributed by atoms with Gasteiger partial charge in [0.05, 0.1) is 6.07 Å². The Hall–Kier alpha value is -1.86. The van der Waals surface area contributed by atoms with Crippen LogP contribution in [-0.4, -0.2) is 4.98 Å². The lowest BCUT2D eigenvalue weighted by Crippen LogP contribution is -2.05. The Kier molecular flexibility index (Phi) is 1.72. The number of hydrogen-bond acceptors (Lipinski definition) is 4. The molecule has 2 rings (SSSR count). The van der Waals surface area contributed by atoms with Crippen LogP contribution in [0.2, 0.25) is 0 Å². The normalized spacial score (nSPS) is 12.6. The highest BCUT2D eigenvalue weighted by Crippen LogP contribution is 2.21. The van der Waals surface area contributed by atoms with Crippen molar-refractivity contribution in [3.05, 3.63) is 30.3 Å². The van der Waals surface area contributed by atoms with Crippen LogP contribution in [0, 0.1) is 11.3 Å². The molecule has 0 spiro atoms. The van der Waals surface area contributed by atoms with Gasteiger partial charge in [-0.1, -0.05) is 0 Å². The summed E-state index contributed by atoms with van der Waals surface area (Å²) in [5, 5.41) is 9.43. The summed E-state index contributed by atoms with van der Waals surface area (Å²) in [6.45, 7) is 0.